The van der Waals surface area contributed by atoms with E-state index in [2.05, 4.69) is 126 Å². The average molecular weight is 607 g/mol. The zero-order valence-electron chi connectivity index (χ0n) is 24.7. The first-order valence-electron chi connectivity index (χ1n) is 15.3. The summed E-state index contributed by atoms with van der Waals surface area (Å²) in [5.41, 5.74) is 9.99. The minimum absolute atomic E-state index is 0.647. The Balaban J connectivity index is 1.21. The Morgan fingerprint density at radius 3 is 1.63 bits per heavy atom. The van der Waals surface area contributed by atoms with Crippen molar-refractivity contribution in [3.8, 4) is 56.4 Å². The molecule has 0 bridgehead atoms. The molecule has 0 aliphatic heterocycles. The van der Waals surface area contributed by atoms with Gasteiger partial charge in [-0.2, -0.15) is 0 Å². The Morgan fingerprint density at radius 2 is 0.891 bits per heavy atom. The number of benzene rings is 6. The highest BCUT2D eigenvalue weighted by molar-refractivity contribution is 7.24. The van der Waals surface area contributed by atoms with E-state index in [4.69, 9.17) is 15.0 Å². The molecule has 9 aromatic rings. The van der Waals surface area contributed by atoms with Crippen molar-refractivity contribution >= 4 is 37.3 Å². The van der Waals surface area contributed by atoms with E-state index in [0.29, 0.717) is 17.5 Å². The van der Waals surface area contributed by atoms with E-state index in [0.717, 1.165) is 27.8 Å². The van der Waals surface area contributed by atoms with E-state index in [9.17, 15) is 0 Å². The first-order valence-corrected chi connectivity index (χ1v) is 16.1. The Bertz CT molecular complexity index is 2510. The van der Waals surface area contributed by atoms with Crippen LogP contribution in [0.15, 0.2) is 158 Å². The lowest BCUT2D eigenvalue weighted by Gasteiger charge is -2.10. The molecule has 6 aromatic carbocycles. The van der Waals surface area contributed by atoms with Gasteiger partial charge in [-0.3, -0.25) is 4.40 Å². The zero-order valence-corrected chi connectivity index (χ0v) is 25.5. The van der Waals surface area contributed by atoms with E-state index in [1.807, 2.05) is 47.7 Å². The average Bonchev–Trinajstić information content (AvgIpc) is 3.67. The summed E-state index contributed by atoms with van der Waals surface area (Å²) in [7, 11) is 0. The van der Waals surface area contributed by atoms with E-state index < -0.39 is 0 Å². The van der Waals surface area contributed by atoms with Gasteiger partial charge in [-0.15, -0.1) is 11.3 Å². The number of rotatable bonds is 5. The quantitative estimate of drug-likeness (QED) is 0.196. The molecule has 0 spiro atoms. The fraction of sp³-hybridized carbons (Fsp3) is 0. The predicted octanol–water partition coefficient (Wildman–Crippen LogP) is 10.8. The molecule has 0 aliphatic carbocycles. The van der Waals surface area contributed by atoms with Gasteiger partial charge in [0, 0.05) is 27.6 Å². The predicted molar refractivity (Wildman–Crippen MR) is 191 cm³/mol. The van der Waals surface area contributed by atoms with Crippen LogP contribution in [-0.2, 0) is 0 Å². The third-order valence-electron chi connectivity index (χ3n) is 8.47. The van der Waals surface area contributed by atoms with Crippen molar-refractivity contribution in [2.24, 2.45) is 0 Å². The van der Waals surface area contributed by atoms with Gasteiger partial charge in [-0.05, 0) is 41.0 Å². The summed E-state index contributed by atoms with van der Waals surface area (Å²) in [6.07, 6.45) is 0. The smallest absolute Gasteiger partial charge is 0.164 e. The SMILES string of the molecule is c1ccc(-c2ccc(-c3nc(-c4ccccc4)nc(-c4cccc(-c5c6ccccc6n6c5sc5ccccc56)c4)n3)cc2)cc1. The van der Waals surface area contributed by atoms with Crippen LogP contribution in [0.1, 0.15) is 0 Å². The van der Waals surface area contributed by atoms with Crippen LogP contribution in [0.5, 0.6) is 0 Å². The molecule has 3 heterocycles. The Hall–Kier alpha value is -5.91. The molecule has 0 saturated heterocycles. The molecule has 4 nitrogen and oxygen atoms in total. The second-order valence-electron chi connectivity index (χ2n) is 11.3. The number of fused-ring (bicyclic) bond motifs is 5. The minimum Gasteiger partial charge on any atom is -0.299 e. The molecule has 216 valence electrons. The van der Waals surface area contributed by atoms with E-state index in [-0.39, 0.29) is 0 Å². The van der Waals surface area contributed by atoms with Gasteiger partial charge < -0.3 is 0 Å². The van der Waals surface area contributed by atoms with Crippen molar-refractivity contribution in [1.29, 1.82) is 0 Å². The van der Waals surface area contributed by atoms with Crippen molar-refractivity contribution in [2.75, 3.05) is 0 Å². The number of para-hydroxylation sites is 2. The van der Waals surface area contributed by atoms with E-state index >= 15 is 0 Å². The van der Waals surface area contributed by atoms with Crippen LogP contribution in [0.3, 0.4) is 0 Å². The fourth-order valence-corrected chi connectivity index (χ4v) is 7.51. The third kappa shape index (κ3) is 4.48. The molecule has 0 N–H and O–H groups in total. The summed E-state index contributed by atoms with van der Waals surface area (Å²) in [4.78, 5) is 16.3. The normalized spacial score (nSPS) is 11.5. The highest BCUT2D eigenvalue weighted by Gasteiger charge is 2.19. The van der Waals surface area contributed by atoms with Gasteiger partial charge in [0.05, 0.1) is 15.7 Å². The monoisotopic (exact) mass is 606 g/mol. The molecule has 46 heavy (non-hydrogen) atoms. The molecule has 9 rings (SSSR count). The van der Waals surface area contributed by atoms with Gasteiger partial charge in [-0.1, -0.05) is 133 Å². The van der Waals surface area contributed by atoms with E-state index in [1.54, 1.807) is 0 Å². The van der Waals surface area contributed by atoms with Gasteiger partial charge in [0.1, 0.15) is 4.83 Å². The van der Waals surface area contributed by atoms with Gasteiger partial charge in [-0.25, -0.2) is 15.0 Å². The fourth-order valence-electron chi connectivity index (χ4n) is 6.27. The number of aromatic nitrogens is 4. The Labute approximate surface area is 269 Å². The third-order valence-corrected chi connectivity index (χ3v) is 9.62. The Morgan fingerprint density at radius 1 is 0.391 bits per heavy atom. The van der Waals surface area contributed by atoms with Gasteiger partial charge in [0.2, 0.25) is 0 Å². The molecule has 0 atom stereocenters. The van der Waals surface area contributed by atoms with Crippen molar-refractivity contribution in [3.63, 3.8) is 0 Å². The molecule has 0 radical (unpaired) electrons. The summed E-state index contributed by atoms with van der Waals surface area (Å²) in [5.74, 6) is 1.95. The second-order valence-corrected chi connectivity index (χ2v) is 12.3. The summed E-state index contributed by atoms with van der Waals surface area (Å²) >= 11 is 1.83. The lowest BCUT2D eigenvalue weighted by molar-refractivity contribution is 1.07. The highest BCUT2D eigenvalue weighted by Crippen LogP contribution is 2.42. The van der Waals surface area contributed by atoms with Gasteiger partial charge in [0.15, 0.2) is 17.5 Å². The van der Waals surface area contributed by atoms with Crippen molar-refractivity contribution in [3.05, 3.63) is 158 Å². The first-order chi connectivity index (χ1) is 22.8. The maximum atomic E-state index is 5.06. The molecule has 0 amide bonds. The largest absolute Gasteiger partial charge is 0.299 e. The van der Waals surface area contributed by atoms with Crippen LogP contribution in [0, 0.1) is 0 Å². The van der Waals surface area contributed by atoms with Crippen LogP contribution in [0.4, 0.5) is 0 Å². The number of hydrogen-bond acceptors (Lipinski definition) is 4. The molecule has 0 aliphatic rings. The summed E-state index contributed by atoms with van der Waals surface area (Å²) in [6, 6.07) is 54.9. The highest BCUT2D eigenvalue weighted by atomic mass is 32.1. The van der Waals surface area contributed by atoms with Gasteiger partial charge in [0.25, 0.3) is 0 Å². The maximum absolute atomic E-state index is 5.06. The second kappa shape index (κ2) is 10.9. The van der Waals surface area contributed by atoms with Crippen LogP contribution >= 0.6 is 11.3 Å². The number of hydrogen-bond donors (Lipinski definition) is 0. The standard InChI is InChI=1S/C41H26N4S/c1-3-12-27(13-4-1)28-22-24-30(25-23-28)39-42-38(29-14-5-2-6-15-29)43-40(44-39)32-17-11-16-31(26-32)37-33-18-7-8-19-34(33)45-35-20-9-10-21-36(35)46-41(37)45/h1-26H. The lowest BCUT2D eigenvalue weighted by atomic mass is 10.0. The van der Waals surface area contributed by atoms with Crippen LogP contribution in [0.25, 0.3) is 82.4 Å². The van der Waals surface area contributed by atoms with E-state index in [1.165, 1.54) is 37.1 Å². The first kappa shape index (κ1) is 26.5. The lowest BCUT2D eigenvalue weighted by Crippen LogP contribution is -2.00. The molecule has 0 saturated carbocycles. The van der Waals surface area contributed by atoms with Crippen LogP contribution in [0.2, 0.25) is 0 Å². The van der Waals surface area contributed by atoms with Crippen molar-refractivity contribution in [2.45, 2.75) is 0 Å². The molecular weight excluding hydrogens is 581 g/mol. The van der Waals surface area contributed by atoms with Crippen molar-refractivity contribution in [1.82, 2.24) is 19.4 Å². The molecule has 3 aromatic heterocycles. The number of nitrogens with zero attached hydrogens (tertiary/aromatic N) is 4. The molecular formula is C41H26N4S. The topological polar surface area (TPSA) is 43.1 Å². The minimum atomic E-state index is 0.647. The van der Waals surface area contributed by atoms with Crippen LogP contribution < -0.4 is 0 Å². The van der Waals surface area contributed by atoms with Crippen molar-refractivity contribution < 1.29 is 0 Å². The summed E-state index contributed by atoms with van der Waals surface area (Å²) in [5, 5.41) is 1.23. The summed E-state index contributed by atoms with van der Waals surface area (Å²) < 4.78 is 3.67. The molecule has 0 fully saturated rings. The molecule has 5 heteroatoms. The number of thiazole rings is 1. The van der Waals surface area contributed by atoms with Crippen LogP contribution in [-0.4, -0.2) is 19.4 Å². The summed E-state index contributed by atoms with van der Waals surface area (Å²) in [6.45, 7) is 0. The molecule has 0 unspecified atom stereocenters. The Kier molecular flexibility index (Phi) is 6.28. The maximum Gasteiger partial charge on any atom is 0.164 e. The van der Waals surface area contributed by atoms with Gasteiger partial charge >= 0.3 is 0 Å². The zero-order chi connectivity index (χ0) is 30.5.